The Morgan fingerprint density at radius 1 is 1.24 bits per heavy atom. The Kier molecular flexibility index (Phi) is 3.77. The minimum Gasteiger partial charge on any atom is -0.494 e. The maximum atomic E-state index is 13.4. The Labute approximate surface area is 99.2 Å². The summed E-state index contributed by atoms with van der Waals surface area (Å²) in [6.45, 7) is 1.30. The number of halogens is 1. The third kappa shape index (κ3) is 3.07. The van der Waals surface area contributed by atoms with Gasteiger partial charge >= 0.3 is 0 Å². The number of hydrogen-bond acceptors (Lipinski definition) is 3. The predicted molar refractivity (Wildman–Crippen MR) is 62.2 cm³/mol. The molecule has 17 heavy (non-hydrogen) atoms. The molecule has 1 aromatic carbocycles. The molecule has 0 unspecified atom stereocenters. The first-order chi connectivity index (χ1) is 8.29. The molecule has 1 heterocycles. The van der Waals surface area contributed by atoms with E-state index in [1.807, 2.05) is 12.1 Å². The number of nitrogens with one attached hydrogen (secondary N) is 1. The maximum absolute atomic E-state index is 13.4. The van der Waals surface area contributed by atoms with Crippen molar-refractivity contribution in [3.05, 3.63) is 53.7 Å². The molecule has 1 aromatic heterocycles. The van der Waals surface area contributed by atoms with E-state index in [2.05, 4.69) is 5.32 Å². The summed E-state index contributed by atoms with van der Waals surface area (Å²) in [6, 6.07) is 6.83. The molecule has 0 fully saturated rings. The summed E-state index contributed by atoms with van der Waals surface area (Å²) in [5.41, 5.74) is 1.95. The van der Waals surface area contributed by atoms with Gasteiger partial charge in [-0.1, -0.05) is 6.07 Å². The topological polar surface area (TPSA) is 34.4 Å². The second-order valence-electron chi connectivity index (χ2n) is 3.70. The van der Waals surface area contributed by atoms with E-state index in [4.69, 9.17) is 9.15 Å². The van der Waals surface area contributed by atoms with E-state index in [9.17, 15) is 4.39 Å². The lowest BCUT2D eigenvalue weighted by molar-refractivity contribution is 0.386. The number of furan rings is 1. The molecule has 90 valence electrons. The van der Waals surface area contributed by atoms with Gasteiger partial charge in [-0.05, 0) is 23.8 Å². The van der Waals surface area contributed by atoms with Crippen LogP contribution in [0.2, 0.25) is 0 Å². The van der Waals surface area contributed by atoms with Crippen LogP contribution in [0.5, 0.6) is 5.75 Å². The minimum atomic E-state index is -0.338. The molecular formula is C13H14FNO2. The summed E-state index contributed by atoms with van der Waals surface area (Å²) in [6.07, 6.45) is 3.31. The van der Waals surface area contributed by atoms with Gasteiger partial charge in [0.2, 0.25) is 0 Å². The molecule has 4 heteroatoms. The quantitative estimate of drug-likeness (QED) is 0.865. The van der Waals surface area contributed by atoms with E-state index in [0.717, 1.165) is 11.1 Å². The number of methoxy groups -OCH3 is 1. The maximum Gasteiger partial charge on any atom is 0.165 e. The van der Waals surface area contributed by atoms with Crippen molar-refractivity contribution in [3.8, 4) is 5.75 Å². The highest BCUT2D eigenvalue weighted by Gasteiger charge is 2.03. The molecule has 0 amide bonds. The highest BCUT2D eigenvalue weighted by atomic mass is 19.1. The first-order valence-electron chi connectivity index (χ1n) is 5.34. The number of benzene rings is 1. The second-order valence-corrected chi connectivity index (χ2v) is 3.70. The first kappa shape index (κ1) is 11.7. The van der Waals surface area contributed by atoms with Crippen LogP contribution in [-0.4, -0.2) is 7.11 Å². The van der Waals surface area contributed by atoms with E-state index in [-0.39, 0.29) is 11.6 Å². The summed E-state index contributed by atoms with van der Waals surface area (Å²) in [4.78, 5) is 0. The third-order valence-electron chi connectivity index (χ3n) is 2.45. The van der Waals surface area contributed by atoms with Gasteiger partial charge in [-0.15, -0.1) is 0 Å². The minimum absolute atomic E-state index is 0.267. The SMILES string of the molecule is COc1ccc(CNCc2ccoc2)cc1F. The first-order valence-corrected chi connectivity index (χ1v) is 5.34. The van der Waals surface area contributed by atoms with Gasteiger partial charge in [0.05, 0.1) is 19.6 Å². The van der Waals surface area contributed by atoms with E-state index in [1.54, 1.807) is 18.6 Å². The van der Waals surface area contributed by atoms with Crippen molar-refractivity contribution in [1.29, 1.82) is 0 Å². The molecule has 0 aliphatic heterocycles. The number of rotatable bonds is 5. The molecule has 0 saturated heterocycles. The number of ether oxygens (including phenoxy) is 1. The zero-order valence-electron chi connectivity index (χ0n) is 9.57. The van der Waals surface area contributed by atoms with Gasteiger partial charge in [0.25, 0.3) is 0 Å². The van der Waals surface area contributed by atoms with E-state index >= 15 is 0 Å². The van der Waals surface area contributed by atoms with Crippen LogP contribution < -0.4 is 10.1 Å². The Morgan fingerprint density at radius 3 is 2.71 bits per heavy atom. The van der Waals surface area contributed by atoms with Crippen LogP contribution in [0.1, 0.15) is 11.1 Å². The second kappa shape index (κ2) is 5.50. The van der Waals surface area contributed by atoms with E-state index < -0.39 is 0 Å². The predicted octanol–water partition coefficient (Wildman–Crippen LogP) is 2.72. The van der Waals surface area contributed by atoms with Crippen LogP contribution >= 0.6 is 0 Å². The van der Waals surface area contributed by atoms with Crippen LogP contribution in [0.3, 0.4) is 0 Å². The highest BCUT2D eigenvalue weighted by molar-refractivity contribution is 5.29. The van der Waals surface area contributed by atoms with Gasteiger partial charge in [0.1, 0.15) is 0 Å². The highest BCUT2D eigenvalue weighted by Crippen LogP contribution is 2.17. The monoisotopic (exact) mass is 235 g/mol. The number of hydrogen-bond donors (Lipinski definition) is 1. The average Bonchev–Trinajstić information content (AvgIpc) is 2.82. The van der Waals surface area contributed by atoms with Gasteiger partial charge in [-0.25, -0.2) is 4.39 Å². The molecule has 2 rings (SSSR count). The molecule has 0 spiro atoms. The van der Waals surface area contributed by atoms with Crippen molar-refractivity contribution in [2.45, 2.75) is 13.1 Å². The average molecular weight is 235 g/mol. The Bertz CT molecular complexity index is 468. The largest absolute Gasteiger partial charge is 0.494 e. The molecule has 2 aromatic rings. The molecule has 0 aliphatic carbocycles. The van der Waals surface area contributed by atoms with Crippen molar-refractivity contribution in [3.63, 3.8) is 0 Å². The van der Waals surface area contributed by atoms with Gasteiger partial charge in [-0.3, -0.25) is 0 Å². The van der Waals surface area contributed by atoms with E-state index in [1.165, 1.54) is 13.2 Å². The fourth-order valence-corrected chi connectivity index (χ4v) is 1.56. The smallest absolute Gasteiger partial charge is 0.165 e. The van der Waals surface area contributed by atoms with Crippen LogP contribution in [-0.2, 0) is 13.1 Å². The molecule has 0 aliphatic rings. The molecule has 0 saturated carbocycles. The molecule has 1 N–H and O–H groups in total. The fraction of sp³-hybridized carbons (Fsp3) is 0.231. The van der Waals surface area contributed by atoms with Gasteiger partial charge in [0, 0.05) is 18.7 Å². The molecule has 0 radical (unpaired) electrons. The normalized spacial score (nSPS) is 10.5. The summed E-state index contributed by atoms with van der Waals surface area (Å²) in [5, 5.41) is 3.20. The molecule has 0 atom stereocenters. The van der Waals surface area contributed by atoms with Crippen LogP contribution in [0.15, 0.2) is 41.2 Å². The Balaban J connectivity index is 1.89. The lowest BCUT2D eigenvalue weighted by Gasteiger charge is -2.06. The van der Waals surface area contributed by atoms with Crippen molar-refractivity contribution in [2.24, 2.45) is 0 Å². The van der Waals surface area contributed by atoms with Crippen LogP contribution in [0.25, 0.3) is 0 Å². The Hall–Kier alpha value is -1.81. The van der Waals surface area contributed by atoms with E-state index in [0.29, 0.717) is 13.1 Å². The zero-order chi connectivity index (χ0) is 12.1. The fourth-order valence-electron chi connectivity index (χ4n) is 1.56. The summed E-state index contributed by atoms with van der Waals surface area (Å²) in [7, 11) is 1.45. The standard InChI is InChI=1S/C13H14FNO2/c1-16-13-3-2-10(6-12(13)14)7-15-8-11-4-5-17-9-11/h2-6,9,15H,7-8H2,1H3. The van der Waals surface area contributed by atoms with Crippen molar-refractivity contribution in [1.82, 2.24) is 5.32 Å². The van der Waals surface area contributed by atoms with Crippen LogP contribution in [0, 0.1) is 5.82 Å². The summed E-state index contributed by atoms with van der Waals surface area (Å²) < 4.78 is 23.2. The van der Waals surface area contributed by atoms with Crippen molar-refractivity contribution < 1.29 is 13.5 Å². The van der Waals surface area contributed by atoms with Crippen molar-refractivity contribution >= 4 is 0 Å². The zero-order valence-corrected chi connectivity index (χ0v) is 9.57. The molecule has 3 nitrogen and oxygen atoms in total. The van der Waals surface area contributed by atoms with Gasteiger partial charge < -0.3 is 14.5 Å². The summed E-state index contributed by atoms with van der Waals surface area (Å²) >= 11 is 0. The van der Waals surface area contributed by atoms with Gasteiger partial charge in [-0.2, -0.15) is 0 Å². The van der Waals surface area contributed by atoms with Gasteiger partial charge in [0.15, 0.2) is 11.6 Å². The third-order valence-corrected chi connectivity index (χ3v) is 2.45. The summed E-state index contributed by atoms with van der Waals surface area (Å²) in [5.74, 6) is -0.0707. The van der Waals surface area contributed by atoms with Crippen LogP contribution in [0.4, 0.5) is 4.39 Å². The lowest BCUT2D eigenvalue weighted by Crippen LogP contribution is -2.12. The van der Waals surface area contributed by atoms with Crippen molar-refractivity contribution in [2.75, 3.05) is 7.11 Å². The lowest BCUT2D eigenvalue weighted by atomic mass is 10.2. The molecule has 0 bridgehead atoms. The Morgan fingerprint density at radius 2 is 2.06 bits per heavy atom. The molecular weight excluding hydrogens is 221 g/mol.